The Bertz CT molecular complexity index is 564. The van der Waals surface area contributed by atoms with Crippen molar-refractivity contribution in [3.63, 3.8) is 0 Å². The molecule has 3 nitrogen and oxygen atoms in total. The molecule has 1 aromatic carbocycles. The maximum atomic E-state index is 5.98. The van der Waals surface area contributed by atoms with E-state index < -0.39 is 0 Å². The van der Waals surface area contributed by atoms with Crippen molar-refractivity contribution < 1.29 is 9.15 Å². The number of para-hydroxylation sites is 1. The summed E-state index contributed by atoms with van der Waals surface area (Å²) in [4.78, 5) is 0. The van der Waals surface area contributed by atoms with Gasteiger partial charge in [-0.05, 0) is 40.7 Å². The molecule has 0 unspecified atom stereocenters. The molecule has 2 aromatic rings. The largest absolute Gasteiger partial charge is 0.459 e. The summed E-state index contributed by atoms with van der Waals surface area (Å²) in [6.07, 6.45) is 0.215. The smallest absolute Gasteiger partial charge is 0.134 e. The molecule has 0 aliphatic heterocycles. The van der Waals surface area contributed by atoms with Crippen LogP contribution >= 0.6 is 0 Å². The summed E-state index contributed by atoms with van der Waals surface area (Å²) >= 11 is 0. The Hall–Kier alpha value is -1.32. The lowest BCUT2D eigenvalue weighted by atomic mass is 10.1. The molecule has 3 heteroatoms. The highest BCUT2D eigenvalue weighted by Gasteiger charge is 2.17. The van der Waals surface area contributed by atoms with E-state index in [1.165, 1.54) is 0 Å². The Kier molecular flexibility index (Phi) is 4.51. The van der Waals surface area contributed by atoms with Gasteiger partial charge in [0, 0.05) is 16.5 Å². The minimum absolute atomic E-state index is 0.0646. The maximum absolute atomic E-state index is 5.98. The zero-order valence-electron chi connectivity index (χ0n) is 13.1. The molecule has 1 aromatic heterocycles. The van der Waals surface area contributed by atoms with Gasteiger partial charge in [-0.25, -0.2) is 0 Å². The van der Waals surface area contributed by atoms with Gasteiger partial charge in [0.25, 0.3) is 0 Å². The third kappa shape index (κ3) is 3.84. The van der Waals surface area contributed by atoms with Crippen LogP contribution in [0.15, 0.2) is 28.7 Å². The van der Waals surface area contributed by atoms with Crippen molar-refractivity contribution in [2.75, 3.05) is 0 Å². The number of hydrogen-bond donors (Lipinski definition) is 1. The van der Waals surface area contributed by atoms with E-state index in [2.05, 4.69) is 46.0 Å². The van der Waals surface area contributed by atoms with E-state index >= 15 is 0 Å². The summed E-state index contributed by atoms with van der Waals surface area (Å²) in [5, 5.41) is 4.63. The Balaban J connectivity index is 2.28. The summed E-state index contributed by atoms with van der Waals surface area (Å²) in [6.45, 7) is 11.9. The first-order valence-corrected chi connectivity index (χ1v) is 7.23. The highest BCUT2D eigenvalue weighted by Crippen LogP contribution is 2.27. The monoisotopic (exact) mass is 275 g/mol. The fraction of sp³-hybridized carbons (Fsp3) is 0.529. The van der Waals surface area contributed by atoms with E-state index in [0.717, 1.165) is 28.8 Å². The average Bonchev–Trinajstić information content (AvgIpc) is 2.71. The van der Waals surface area contributed by atoms with Crippen LogP contribution in [-0.4, -0.2) is 11.6 Å². The molecule has 2 rings (SSSR count). The molecule has 0 bridgehead atoms. The first-order valence-electron chi connectivity index (χ1n) is 7.23. The van der Waals surface area contributed by atoms with Gasteiger partial charge in [-0.1, -0.05) is 18.2 Å². The number of ether oxygens (including phenoxy) is 1. The van der Waals surface area contributed by atoms with E-state index in [-0.39, 0.29) is 11.6 Å². The van der Waals surface area contributed by atoms with Crippen molar-refractivity contribution >= 4 is 11.0 Å². The zero-order chi connectivity index (χ0) is 14.8. The van der Waals surface area contributed by atoms with E-state index in [4.69, 9.17) is 9.15 Å². The second-order valence-corrected chi connectivity index (χ2v) is 6.46. The number of fused-ring (bicyclic) bond motifs is 1. The van der Waals surface area contributed by atoms with Crippen LogP contribution in [0.1, 0.15) is 45.9 Å². The van der Waals surface area contributed by atoms with Gasteiger partial charge in [0.05, 0.1) is 19.3 Å². The molecular formula is C17H25NO2. The molecule has 1 N–H and O–H groups in total. The predicted octanol–water partition coefficient (Wildman–Crippen LogP) is 4.25. The maximum Gasteiger partial charge on any atom is 0.134 e. The molecule has 110 valence electrons. The normalized spacial score (nSPS) is 12.5. The Morgan fingerprint density at radius 1 is 1.20 bits per heavy atom. The van der Waals surface area contributed by atoms with Gasteiger partial charge >= 0.3 is 0 Å². The third-order valence-electron chi connectivity index (χ3n) is 3.12. The number of benzene rings is 1. The number of hydrogen-bond acceptors (Lipinski definition) is 3. The highest BCUT2D eigenvalue weighted by molar-refractivity contribution is 5.82. The van der Waals surface area contributed by atoms with Gasteiger partial charge in [0.15, 0.2) is 0 Å². The minimum Gasteiger partial charge on any atom is -0.459 e. The third-order valence-corrected chi connectivity index (χ3v) is 3.12. The molecule has 0 fully saturated rings. The van der Waals surface area contributed by atoms with E-state index in [9.17, 15) is 0 Å². The topological polar surface area (TPSA) is 34.4 Å². The van der Waals surface area contributed by atoms with Gasteiger partial charge in [0.2, 0.25) is 0 Å². The van der Waals surface area contributed by atoms with Crippen LogP contribution in [0.2, 0.25) is 0 Å². The summed E-state index contributed by atoms with van der Waals surface area (Å²) in [6, 6.07) is 8.14. The zero-order valence-corrected chi connectivity index (χ0v) is 13.1. The van der Waals surface area contributed by atoms with Gasteiger partial charge in [0.1, 0.15) is 11.3 Å². The molecule has 0 spiro atoms. The van der Waals surface area contributed by atoms with Crippen LogP contribution in [0, 0.1) is 0 Å². The molecule has 0 atom stereocenters. The Morgan fingerprint density at radius 2 is 1.90 bits per heavy atom. The van der Waals surface area contributed by atoms with E-state index in [0.29, 0.717) is 6.61 Å². The summed E-state index contributed by atoms with van der Waals surface area (Å²) < 4.78 is 11.8. The van der Waals surface area contributed by atoms with Gasteiger partial charge in [-0.3, -0.25) is 0 Å². The van der Waals surface area contributed by atoms with Crippen molar-refractivity contribution in [3.05, 3.63) is 35.6 Å². The Morgan fingerprint density at radius 3 is 2.55 bits per heavy atom. The molecule has 0 saturated carbocycles. The van der Waals surface area contributed by atoms with E-state index in [1.54, 1.807) is 0 Å². The number of furan rings is 1. The van der Waals surface area contributed by atoms with Crippen LogP contribution in [-0.2, 0) is 17.9 Å². The number of nitrogens with one attached hydrogen (secondary N) is 1. The van der Waals surface area contributed by atoms with Crippen molar-refractivity contribution in [3.8, 4) is 0 Å². The second kappa shape index (κ2) is 5.98. The van der Waals surface area contributed by atoms with E-state index in [1.807, 2.05) is 18.2 Å². The average molecular weight is 275 g/mol. The summed E-state index contributed by atoms with van der Waals surface area (Å²) in [5.74, 6) is 0.974. The van der Waals surface area contributed by atoms with Crippen molar-refractivity contribution in [1.29, 1.82) is 0 Å². The molecule has 0 saturated heterocycles. The molecule has 1 heterocycles. The minimum atomic E-state index is 0.0646. The van der Waals surface area contributed by atoms with Crippen molar-refractivity contribution in [1.82, 2.24) is 5.32 Å². The number of rotatable bonds is 5. The fourth-order valence-corrected chi connectivity index (χ4v) is 2.05. The molecule has 0 aliphatic rings. The highest BCUT2D eigenvalue weighted by atomic mass is 16.5. The predicted molar refractivity (Wildman–Crippen MR) is 82.7 cm³/mol. The van der Waals surface area contributed by atoms with Crippen molar-refractivity contribution in [2.45, 2.75) is 59.4 Å². The lowest BCUT2D eigenvalue weighted by Gasteiger charge is -2.20. The summed E-state index contributed by atoms with van der Waals surface area (Å²) in [7, 11) is 0. The first-order chi connectivity index (χ1) is 9.37. The van der Waals surface area contributed by atoms with Crippen LogP contribution in [0.25, 0.3) is 11.0 Å². The van der Waals surface area contributed by atoms with Gasteiger partial charge in [-0.2, -0.15) is 0 Å². The quantitative estimate of drug-likeness (QED) is 0.886. The lowest BCUT2D eigenvalue weighted by molar-refractivity contribution is 0.0652. The lowest BCUT2D eigenvalue weighted by Crippen LogP contribution is -2.35. The van der Waals surface area contributed by atoms with Crippen LogP contribution in [0.5, 0.6) is 0 Å². The molecule has 20 heavy (non-hydrogen) atoms. The first kappa shape index (κ1) is 15.1. The summed E-state index contributed by atoms with van der Waals surface area (Å²) in [5.41, 5.74) is 2.15. The van der Waals surface area contributed by atoms with Crippen LogP contribution in [0.3, 0.4) is 0 Å². The van der Waals surface area contributed by atoms with Crippen LogP contribution < -0.4 is 5.32 Å². The van der Waals surface area contributed by atoms with Gasteiger partial charge in [-0.15, -0.1) is 0 Å². The standard InChI is InChI=1S/C17H25NO2/c1-12(2)19-11-14-13-8-6-7-9-15(13)20-16(14)10-18-17(3,4)5/h6-9,12,18H,10-11H2,1-5H3. The fourth-order valence-electron chi connectivity index (χ4n) is 2.05. The molecular weight excluding hydrogens is 250 g/mol. The Labute approximate surface area is 121 Å². The van der Waals surface area contributed by atoms with Crippen LogP contribution in [0.4, 0.5) is 0 Å². The molecule has 0 radical (unpaired) electrons. The van der Waals surface area contributed by atoms with Gasteiger partial charge < -0.3 is 14.5 Å². The SMILES string of the molecule is CC(C)OCc1c(CNC(C)(C)C)oc2ccccc12. The second-order valence-electron chi connectivity index (χ2n) is 6.46. The molecule has 0 aliphatic carbocycles. The van der Waals surface area contributed by atoms with Crippen molar-refractivity contribution in [2.24, 2.45) is 0 Å². The molecule has 0 amide bonds.